The van der Waals surface area contributed by atoms with Crippen LogP contribution in [0.4, 0.5) is 0 Å². The molecule has 0 bridgehead atoms. The maximum absolute atomic E-state index is 2.36. The minimum atomic E-state index is 1.36. The quantitative estimate of drug-likeness (QED) is 0.349. The molecule has 0 heteroatoms. The first-order chi connectivity index (χ1) is 9.58. The minimum absolute atomic E-state index is 1.36. The van der Waals surface area contributed by atoms with Crippen LogP contribution in [0.25, 0.3) is 32.3 Å². The predicted molar refractivity (Wildman–Crippen MR) is 89.1 cm³/mol. The van der Waals surface area contributed by atoms with Gasteiger partial charge in [0.05, 0.1) is 0 Å². The van der Waals surface area contributed by atoms with Crippen LogP contribution in [0.1, 0.15) is 22.3 Å². The summed E-state index contributed by atoms with van der Waals surface area (Å²) >= 11 is 0. The summed E-state index contributed by atoms with van der Waals surface area (Å²) in [6.07, 6.45) is 0. The first-order valence-electron chi connectivity index (χ1n) is 7.23. The van der Waals surface area contributed by atoms with E-state index < -0.39 is 0 Å². The number of hydrogen-bond acceptors (Lipinski definition) is 0. The molecule has 4 rings (SSSR count). The van der Waals surface area contributed by atoms with E-state index in [1.807, 2.05) is 0 Å². The minimum Gasteiger partial charge on any atom is -0.0581 e. The number of benzene rings is 4. The molecule has 0 aliphatic heterocycles. The van der Waals surface area contributed by atoms with Gasteiger partial charge in [-0.2, -0.15) is 0 Å². The number of rotatable bonds is 0. The summed E-state index contributed by atoms with van der Waals surface area (Å²) in [4.78, 5) is 0. The Kier molecular flexibility index (Phi) is 2.18. The summed E-state index contributed by atoms with van der Waals surface area (Å²) in [6, 6.07) is 13.8. The van der Waals surface area contributed by atoms with Crippen LogP contribution in [0, 0.1) is 27.7 Å². The summed E-state index contributed by atoms with van der Waals surface area (Å²) in [5, 5.41) is 8.46. The van der Waals surface area contributed by atoms with Crippen LogP contribution in [-0.4, -0.2) is 0 Å². The highest BCUT2D eigenvalue weighted by Gasteiger charge is 2.13. The molecule has 0 nitrogen and oxygen atoms in total. The molecule has 4 aromatic carbocycles. The van der Waals surface area contributed by atoms with E-state index in [9.17, 15) is 0 Å². The van der Waals surface area contributed by atoms with Gasteiger partial charge >= 0.3 is 0 Å². The third-order valence-electron chi connectivity index (χ3n) is 4.85. The summed E-state index contributed by atoms with van der Waals surface area (Å²) in [5.74, 6) is 0. The van der Waals surface area contributed by atoms with E-state index in [2.05, 4.69) is 64.1 Å². The first kappa shape index (κ1) is 11.7. The molecule has 0 unspecified atom stereocenters. The van der Waals surface area contributed by atoms with Gasteiger partial charge in [0.2, 0.25) is 0 Å². The standard InChI is InChI=1S/C20H18/c1-11-5-6-15-9-13(3)18-10-12(2)14(4)17-8-7-16(11)19(15)20(17)18/h5-10H,1-4H3. The van der Waals surface area contributed by atoms with Gasteiger partial charge < -0.3 is 0 Å². The Hall–Kier alpha value is -2.08. The van der Waals surface area contributed by atoms with Crippen molar-refractivity contribution in [3.63, 3.8) is 0 Å². The average Bonchev–Trinajstić information content (AvgIpc) is 2.44. The zero-order valence-electron chi connectivity index (χ0n) is 12.5. The number of aryl methyl sites for hydroxylation is 4. The normalized spacial score (nSPS) is 12.0. The van der Waals surface area contributed by atoms with Gasteiger partial charge in [-0.15, -0.1) is 0 Å². The Morgan fingerprint density at radius 1 is 0.550 bits per heavy atom. The summed E-state index contributed by atoms with van der Waals surface area (Å²) in [5.41, 5.74) is 5.54. The average molecular weight is 258 g/mol. The summed E-state index contributed by atoms with van der Waals surface area (Å²) < 4.78 is 0. The van der Waals surface area contributed by atoms with Gasteiger partial charge in [-0.25, -0.2) is 0 Å². The molecular formula is C20H18. The van der Waals surface area contributed by atoms with E-state index in [0.29, 0.717) is 0 Å². The molecule has 0 heterocycles. The third-order valence-corrected chi connectivity index (χ3v) is 4.85. The molecule has 0 fully saturated rings. The van der Waals surface area contributed by atoms with E-state index in [1.54, 1.807) is 0 Å². The topological polar surface area (TPSA) is 0 Å². The Morgan fingerprint density at radius 3 is 2.10 bits per heavy atom. The highest BCUT2D eigenvalue weighted by atomic mass is 14.2. The Balaban J connectivity index is 2.47. The van der Waals surface area contributed by atoms with Crippen molar-refractivity contribution in [1.29, 1.82) is 0 Å². The van der Waals surface area contributed by atoms with Crippen LogP contribution >= 0.6 is 0 Å². The lowest BCUT2D eigenvalue weighted by molar-refractivity contribution is 1.38. The molecule has 0 amide bonds. The predicted octanol–water partition coefficient (Wildman–Crippen LogP) is 5.82. The van der Waals surface area contributed by atoms with Gasteiger partial charge in [-0.05, 0) is 82.3 Å². The molecule has 98 valence electrons. The SMILES string of the molecule is Cc1cc2c(C)cc3ccc(C)c4ccc(c1C)c2c34. The van der Waals surface area contributed by atoms with Gasteiger partial charge in [0.1, 0.15) is 0 Å². The van der Waals surface area contributed by atoms with Crippen molar-refractivity contribution in [3.8, 4) is 0 Å². The fraction of sp³-hybridized carbons (Fsp3) is 0.200. The van der Waals surface area contributed by atoms with Crippen molar-refractivity contribution in [2.75, 3.05) is 0 Å². The monoisotopic (exact) mass is 258 g/mol. The molecule has 0 aromatic heterocycles. The van der Waals surface area contributed by atoms with Crippen molar-refractivity contribution in [1.82, 2.24) is 0 Å². The molecule has 4 aromatic rings. The largest absolute Gasteiger partial charge is 0.0581 e. The maximum Gasteiger partial charge on any atom is -0.00212 e. The molecule has 0 N–H and O–H groups in total. The van der Waals surface area contributed by atoms with E-state index in [-0.39, 0.29) is 0 Å². The van der Waals surface area contributed by atoms with Crippen molar-refractivity contribution < 1.29 is 0 Å². The third kappa shape index (κ3) is 1.31. The van der Waals surface area contributed by atoms with Crippen LogP contribution in [0.3, 0.4) is 0 Å². The summed E-state index contributed by atoms with van der Waals surface area (Å²) in [7, 11) is 0. The molecule has 0 spiro atoms. The lowest BCUT2D eigenvalue weighted by atomic mass is 9.87. The van der Waals surface area contributed by atoms with Gasteiger partial charge in [-0.1, -0.05) is 36.4 Å². The molecule has 0 radical (unpaired) electrons. The maximum atomic E-state index is 2.36. The fourth-order valence-electron chi connectivity index (χ4n) is 3.56. The zero-order chi connectivity index (χ0) is 14.0. The Labute approximate surface area is 119 Å². The van der Waals surface area contributed by atoms with Gasteiger partial charge in [0.25, 0.3) is 0 Å². The van der Waals surface area contributed by atoms with Gasteiger partial charge in [-0.3, -0.25) is 0 Å². The van der Waals surface area contributed by atoms with Crippen LogP contribution < -0.4 is 0 Å². The number of hydrogen-bond donors (Lipinski definition) is 0. The smallest absolute Gasteiger partial charge is 0.00212 e. The van der Waals surface area contributed by atoms with Crippen molar-refractivity contribution in [2.45, 2.75) is 27.7 Å². The van der Waals surface area contributed by atoms with Crippen LogP contribution in [0.2, 0.25) is 0 Å². The zero-order valence-corrected chi connectivity index (χ0v) is 12.5. The molecule has 0 saturated carbocycles. The van der Waals surface area contributed by atoms with E-state index in [1.165, 1.54) is 54.6 Å². The van der Waals surface area contributed by atoms with Gasteiger partial charge in [0, 0.05) is 0 Å². The molecule has 0 saturated heterocycles. The second kappa shape index (κ2) is 3.73. The second-order valence-corrected chi connectivity index (χ2v) is 6.08. The van der Waals surface area contributed by atoms with E-state index in [4.69, 9.17) is 0 Å². The molecule has 0 aliphatic rings. The molecule has 0 aliphatic carbocycles. The van der Waals surface area contributed by atoms with Crippen molar-refractivity contribution in [2.24, 2.45) is 0 Å². The molecule has 0 atom stereocenters. The highest BCUT2D eigenvalue weighted by Crippen LogP contribution is 2.39. The van der Waals surface area contributed by atoms with E-state index >= 15 is 0 Å². The Morgan fingerprint density at radius 2 is 1.30 bits per heavy atom. The second-order valence-electron chi connectivity index (χ2n) is 6.08. The lowest BCUT2D eigenvalue weighted by Crippen LogP contribution is -1.92. The van der Waals surface area contributed by atoms with E-state index in [0.717, 1.165) is 0 Å². The Bertz CT molecular complexity index is 969. The first-order valence-corrected chi connectivity index (χ1v) is 7.23. The van der Waals surface area contributed by atoms with Crippen molar-refractivity contribution in [3.05, 3.63) is 58.7 Å². The fourth-order valence-corrected chi connectivity index (χ4v) is 3.56. The van der Waals surface area contributed by atoms with Crippen LogP contribution in [0.5, 0.6) is 0 Å². The molecular weight excluding hydrogens is 240 g/mol. The van der Waals surface area contributed by atoms with Crippen molar-refractivity contribution >= 4 is 32.3 Å². The van der Waals surface area contributed by atoms with Gasteiger partial charge in [0.15, 0.2) is 0 Å². The van der Waals surface area contributed by atoms with Crippen LogP contribution in [-0.2, 0) is 0 Å². The summed E-state index contributed by atoms with van der Waals surface area (Å²) in [6.45, 7) is 8.89. The molecule has 20 heavy (non-hydrogen) atoms. The highest BCUT2D eigenvalue weighted by molar-refractivity contribution is 6.25. The lowest BCUT2D eigenvalue weighted by Gasteiger charge is -2.17. The van der Waals surface area contributed by atoms with Crippen LogP contribution in [0.15, 0.2) is 36.4 Å².